The van der Waals surface area contributed by atoms with Gasteiger partial charge in [-0.1, -0.05) is 17.7 Å². The molecule has 37 heavy (non-hydrogen) atoms. The number of nitro groups is 1. The minimum atomic E-state index is -0.540. The fraction of sp³-hybridized carbons (Fsp3) is 0.185. The van der Waals surface area contributed by atoms with E-state index in [9.17, 15) is 14.9 Å². The van der Waals surface area contributed by atoms with Gasteiger partial charge >= 0.3 is 0 Å². The van der Waals surface area contributed by atoms with E-state index < -0.39 is 10.8 Å². The summed E-state index contributed by atoms with van der Waals surface area (Å²) in [5.41, 5.74) is 3.95. The van der Waals surface area contributed by atoms with Crippen LogP contribution >= 0.6 is 11.6 Å². The largest absolute Gasteiger partial charge is 0.471 e. The van der Waals surface area contributed by atoms with E-state index in [4.69, 9.17) is 21.1 Å². The third kappa shape index (κ3) is 6.25. The monoisotopic (exact) mass is 520 g/mol. The maximum atomic E-state index is 12.8. The molecule has 3 aromatic carbocycles. The fourth-order valence-corrected chi connectivity index (χ4v) is 3.94. The maximum Gasteiger partial charge on any atom is 0.276 e. The molecule has 4 rings (SSSR count). The molecule has 0 saturated carbocycles. The molecule has 0 unspecified atom stereocenters. The van der Waals surface area contributed by atoms with Gasteiger partial charge in [0.1, 0.15) is 17.2 Å². The predicted octanol–water partition coefficient (Wildman–Crippen LogP) is 6.76. The first-order valence-corrected chi connectivity index (χ1v) is 11.8. The number of aromatic nitrogens is 2. The fourth-order valence-electron chi connectivity index (χ4n) is 3.71. The molecule has 0 saturated heterocycles. The Kier molecular flexibility index (Phi) is 7.45. The van der Waals surface area contributed by atoms with Crippen LogP contribution in [0.3, 0.4) is 0 Å². The Bertz CT molecular complexity index is 1500. The third-order valence-electron chi connectivity index (χ3n) is 5.71. The van der Waals surface area contributed by atoms with Crippen LogP contribution in [-0.2, 0) is 6.73 Å². The van der Waals surface area contributed by atoms with Gasteiger partial charge in [-0.2, -0.15) is 5.10 Å². The number of amides is 1. The Hall–Kier alpha value is -4.37. The Labute approximate surface area is 218 Å². The number of halogens is 1. The number of hydrogen-bond donors (Lipinski definition) is 1. The Morgan fingerprint density at radius 3 is 2.54 bits per heavy atom. The predicted molar refractivity (Wildman–Crippen MR) is 141 cm³/mol. The van der Waals surface area contributed by atoms with Crippen LogP contribution in [-0.4, -0.2) is 20.6 Å². The minimum Gasteiger partial charge on any atom is -0.471 e. The summed E-state index contributed by atoms with van der Waals surface area (Å²) in [4.78, 5) is 23.8. The first-order chi connectivity index (χ1) is 17.6. The quantitative estimate of drug-likeness (QED) is 0.203. The van der Waals surface area contributed by atoms with Crippen molar-refractivity contribution in [1.29, 1.82) is 0 Å². The molecule has 0 aliphatic heterocycles. The summed E-state index contributed by atoms with van der Waals surface area (Å²) in [5, 5.41) is 19.0. The number of nitrogens with zero attached hydrogens (tertiary/aromatic N) is 3. The van der Waals surface area contributed by atoms with Crippen molar-refractivity contribution in [2.75, 3.05) is 5.32 Å². The van der Waals surface area contributed by atoms with Gasteiger partial charge in [0.15, 0.2) is 12.4 Å². The van der Waals surface area contributed by atoms with E-state index in [1.54, 1.807) is 24.4 Å². The van der Waals surface area contributed by atoms with Crippen LogP contribution in [0.5, 0.6) is 17.2 Å². The van der Waals surface area contributed by atoms with Crippen molar-refractivity contribution in [2.24, 2.45) is 0 Å². The van der Waals surface area contributed by atoms with Gasteiger partial charge in [0.25, 0.3) is 11.6 Å². The summed E-state index contributed by atoms with van der Waals surface area (Å²) >= 11 is 5.97. The molecule has 0 aliphatic rings. The highest BCUT2D eigenvalue weighted by molar-refractivity contribution is 6.30. The molecule has 0 radical (unpaired) electrons. The molecule has 10 heteroatoms. The summed E-state index contributed by atoms with van der Waals surface area (Å²) in [6, 6.07) is 14.8. The lowest BCUT2D eigenvalue weighted by Gasteiger charge is -2.13. The number of anilines is 1. The Morgan fingerprint density at radius 2 is 1.81 bits per heavy atom. The summed E-state index contributed by atoms with van der Waals surface area (Å²) in [6.07, 6.45) is 1.60. The van der Waals surface area contributed by atoms with Gasteiger partial charge in [-0.15, -0.1) is 0 Å². The van der Waals surface area contributed by atoms with Crippen LogP contribution in [0, 0.1) is 37.8 Å². The van der Waals surface area contributed by atoms with Crippen molar-refractivity contribution in [2.45, 2.75) is 34.4 Å². The molecule has 0 aliphatic carbocycles. The molecule has 1 amide bonds. The first-order valence-electron chi connectivity index (χ1n) is 11.4. The second-order valence-corrected chi connectivity index (χ2v) is 9.09. The second-order valence-electron chi connectivity index (χ2n) is 8.66. The van der Waals surface area contributed by atoms with Gasteiger partial charge in [-0.05, 0) is 80.3 Å². The van der Waals surface area contributed by atoms with Crippen LogP contribution < -0.4 is 14.8 Å². The summed E-state index contributed by atoms with van der Waals surface area (Å²) in [7, 11) is 0. The number of nitrogens with one attached hydrogen (secondary N) is 1. The Balaban J connectivity index is 1.50. The van der Waals surface area contributed by atoms with Gasteiger partial charge in [0.2, 0.25) is 0 Å². The summed E-state index contributed by atoms with van der Waals surface area (Å²) in [5.74, 6) is 0.935. The molecule has 0 bridgehead atoms. The van der Waals surface area contributed by atoms with Crippen molar-refractivity contribution >= 4 is 28.9 Å². The highest BCUT2D eigenvalue weighted by Gasteiger charge is 2.16. The molecule has 1 N–H and O–H groups in total. The lowest BCUT2D eigenvalue weighted by atomic mass is 10.1. The van der Waals surface area contributed by atoms with E-state index in [1.165, 1.54) is 28.9 Å². The molecule has 0 spiro atoms. The Morgan fingerprint density at radius 1 is 1.03 bits per heavy atom. The zero-order valence-corrected chi connectivity index (χ0v) is 21.5. The number of carbonyl (C=O) groups is 1. The number of aryl methyl sites for hydroxylation is 3. The highest BCUT2D eigenvalue weighted by Crippen LogP contribution is 2.33. The van der Waals surface area contributed by atoms with Gasteiger partial charge in [-0.25, -0.2) is 4.68 Å². The van der Waals surface area contributed by atoms with Crippen LogP contribution in [0.2, 0.25) is 5.02 Å². The molecule has 0 fully saturated rings. The zero-order valence-electron chi connectivity index (χ0n) is 20.7. The van der Waals surface area contributed by atoms with Crippen LogP contribution in [0.15, 0.2) is 60.8 Å². The molecule has 9 nitrogen and oxygen atoms in total. The molecule has 0 atom stereocenters. The van der Waals surface area contributed by atoms with Crippen molar-refractivity contribution in [3.8, 4) is 17.2 Å². The third-order valence-corrected chi connectivity index (χ3v) is 5.95. The number of ether oxygens (including phenoxy) is 2. The van der Waals surface area contributed by atoms with E-state index in [-0.39, 0.29) is 29.5 Å². The number of benzene rings is 3. The van der Waals surface area contributed by atoms with E-state index in [1.807, 2.05) is 39.8 Å². The topological polar surface area (TPSA) is 109 Å². The van der Waals surface area contributed by atoms with Gasteiger partial charge < -0.3 is 14.8 Å². The average molecular weight is 521 g/mol. The van der Waals surface area contributed by atoms with Crippen LogP contribution in [0.25, 0.3) is 0 Å². The van der Waals surface area contributed by atoms with Crippen molar-refractivity contribution < 1.29 is 19.2 Å². The first kappa shape index (κ1) is 25.7. The normalized spacial score (nSPS) is 10.7. The number of nitro benzene ring substituents is 1. The molecular formula is C27H25ClN4O5. The van der Waals surface area contributed by atoms with E-state index >= 15 is 0 Å². The highest BCUT2D eigenvalue weighted by atomic mass is 35.5. The number of rotatable bonds is 8. The van der Waals surface area contributed by atoms with Gasteiger partial charge in [-0.3, -0.25) is 14.9 Å². The van der Waals surface area contributed by atoms with Crippen LogP contribution in [0.4, 0.5) is 11.4 Å². The van der Waals surface area contributed by atoms with Gasteiger partial charge in [0.05, 0.1) is 16.7 Å². The smallest absolute Gasteiger partial charge is 0.276 e. The minimum absolute atomic E-state index is 0.0831. The van der Waals surface area contributed by atoms with Crippen LogP contribution in [0.1, 0.15) is 32.7 Å². The standard InChI is InChI=1S/C27H25ClN4O5/c1-16-9-17(2)19(4)26(10-16)37-23-13-21(12-22(14-23)32(34)35)29-27(33)24-7-8-31(30-24)15-36-25-6-5-20(28)11-18(25)3/h5-14H,15H2,1-4H3,(H,29,33). The average Bonchev–Trinajstić information content (AvgIpc) is 3.31. The maximum absolute atomic E-state index is 12.8. The molecule has 190 valence electrons. The lowest BCUT2D eigenvalue weighted by Crippen LogP contribution is -2.14. The summed E-state index contributed by atoms with van der Waals surface area (Å²) in [6.45, 7) is 7.79. The number of non-ortho nitro benzene ring substituents is 1. The van der Waals surface area contributed by atoms with Gasteiger partial charge in [0, 0.05) is 23.4 Å². The van der Waals surface area contributed by atoms with E-state index in [2.05, 4.69) is 10.4 Å². The molecule has 1 aromatic heterocycles. The number of hydrogen-bond acceptors (Lipinski definition) is 6. The molecule has 1 heterocycles. The summed E-state index contributed by atoms with van der Waals surface area (Å²) < 4.78 is 13.2. The lowest BCUT2D eigenvalue weighted by molar-refractivity contribution is -0.384. The second kappa shape index (κ2) is 10.7. The van der Waals surface area contributed by atoms with Crippen molar-refractivity contribution in [1.82, 2.24) is 9.78 Å². The van der Waals surface area contributed by atoms with E-state index in [0.29, 0.717) is 16.5 Å². The molecule has 4 aromatic rings. The SMILES string of the molecule is Cc1cc(C)c(C)c(Oc2cc(NC(=O)c3ccn(COc4ccc(Cl)cc4C)n3)cc([N+](=O)[O-])c2)c1. The van der Waals surface area contributed by atoms with Crippen molar-refractivity contribution in [3.05, 3.63) is 104 Å². The van der Waals surface area contributed by atoms with E-state index in [0.717, 1.165) is 22.3 Å². The van der Waals surface area contributed by atoms with Crippen molar-refractivity contribution in [3.63, 3.8) is 0 Å². The zero-order chi connectivity index (χ0) is 26.7. The number of carbonyl (C=O) groups excluding carboxylic acids is 1. The molecular weight excluding hydrogens is 496 g/mol.